The second-order valence-electron chi connectivity index (χ2n) is 4.87. The van der Waals surface area contributed by atoms with Crippen molar-refractivity contribution in [2.24, 2.45) is 5.92 Å². The minimum Gasteiger partial charge on any atom is -0.394 e. The Hall–Kier alpha value is -0.660. The first kappa shape index (κ1) is 17.3. The van der Waals surface area contributed by atoms with Crippen LogP contribution in [0, 0.1) is 5.92 Å². The number of hydrogen-bond acceptors (Lipinski definition) is 4. The minimum atomic E-state index is -3.44. The molecule has 0 aromatic carbocycles. The van der Waals surface area contributed by atoms with Gasteiger partial charge in [-0.25, -0.2) is 13.1 Å². The first-order valence-corrected chi connectivity index (χ1v) is 7.97. The number of rotatable bonds is 8. The molecule has 0 aliphatic carbocycles. The van der Waals surface area contributed by atoms with Crippen LogP contribution in [0.3, 0.4) is 0 Å². The van der Waals surface area contributed by atoms with Gasteiger partial charge in [-0.2, -0.15) is 0 Å². The van der Waals surface area contributed by atoms with Gasteiger partial charge in [0.05, 0.1) is 18.9 Å². The maximum Gasteiger partial charge on any atom is 0.238 e. The fourth-order valence-corrected chi connectivity index (χ4v) is 2.24. The molecule has 0 heterocycles. The lowest BCUT2D eigenvalue weighted by atomic mass is 10.0. The molecule has 0 aromatic heterocycles. The lowest BCUT2D eigenvalue weighted by Crippen LogP contribution is -2.50. The molecular weight excluding hydrogens is 256 g/mol. The molecule has 0 aliphatic heterocycles. The van der Waals surface area contributed by atoms with E-state index in [0.29, 0.717) is 12.8 Å². The SMILES string of the molecule is CC[C@H](CO)NC(=O)C(CC(C)C)NS(C)(=O)=O. The summed E-state index contributed by atoms with van der Waals surface area (Å²) >= 11 is 0. The Labute approximate surface area is 109 Å². The molecule has 0 aliphatic rings. The second kappa shape index (κ2) is 7.70. The summed E-state index contributed by atoms with van der Waals surface area (Å²) in [6, 6.07) is -1.13. The van der Waals surface area contributed by atoms with Crippen molar-refractivity contribution >= 4 is 15.9 Å². The largest absolute Gasteiger partial charge is 0.394 e. The lowest BCUT2D eigenvalue weighted by Gasteiger charge is -2.22. The van der Waals surface area contributed by atoms with Crippen molar-refractivity contribution in [3.63, 3.8) is 0 Å². The molecule has 2 atom stereocenters. The number of aliphatic hydroxyl groups is 1. The molecule has 3 N–H and O–H groups in total. The zero-order chi connectivity index (χ0) is 14.3. The molecule has 0 fully saturated rings. The highest BCUT2D eigenvalue weighted by molar-refractivity contribution is 7.88. The molecule has 0 radical (unpaired) electrons. The molecule has 1 unspecified atom stereocenters. The Morgan fingerprint density at radius 1 is 1.33 bits per heavy atom. The quantitative estimate of drug-likeness (QED) is 0.575. The van der Waals surface area contributed by atoms with Crippen LogP contribution in [0.15, 0.2) is 0 Å². The summed E-state index contributed by atoms with van der Waals surface area (Å²) in [5, 5.41) is 11.6. The highest BCUT2D eigenvalue weighted by Gasteiger charge is 2.24. The van der Waals surface area contributed by atoms with Gasteiger partial charge in [-0.05, 0) is 18.8 Å². The van der Waals surface area contributed by atoms with Gasteiger partial charge in [-0.3, -0.25) is 4.79 Å². The number of carbonyl (C=O) groups excluding carboxylic acids is 1. The molecule has 1 amide bonds. The predicted octanol–water partition coefficient (Wildman–Crippen LogP) is -0.163. The number of carbonyl (C=O) groups is 1. The van der Waals surface area contributed by atoms with E-state index in [0.717, 1.165) is 6.26 Å². The van der Waals surface area contributed by atoms with E-state index in [1.165, 1.54) is 0 Å². The summed E-state index contributed by atoms with van der Waals surface area (Å²) in [6.45, 7) is 5.50. The summed E-state index contributed by atoms with van der Waals surface area (Å²) < 4.78 is 24.7. The van der Waals surface area contributed by atoms with Crippen molar-refractivity contribution in [3.8, 4) is 0 Å². The molecule has 18 heavy (non-hydrogen) atoms. The van der Waals surface area contributed by atoms with Crippen LogP contribution in [-0.4, -0.2) is 44.4 Å². The van der Waals surface area contributed by atoms with Gasteiger partial charge in [0.2, 0.25) is 15.9 Å². The average Bonchev–Trinajstić information content (AvgIpc) is 2.22. The normalized spacial score (nSPS) is 15.4. The molecule has 0 aromatic rings. The monoisotopic (exact) mass is 280 g/mol. The van der Waals surface area contributed by atoms with Gasteiger partial charge in [-0.15, -0.1) is 0 Å². The second-order valence-corrected chi connectivity index (χ2v) is 6.65. The van der Waals surface area contributed by atoms with E-state index in [1.54, 1.807) is 0 Å². The standard InChI is InChI=1S/C11H24N2O4S/c1-5-9(7-14)12-11(15)10(6-8(2)3)13-18(4,16)17/h8-10,13-14H,5-7H2,1-4H3,(H,12,15)/t9-,10?/m1/s1. The zero-order valence-corrected chi connectivity index (χ0v) is 12.3. The van der Waals surface area contributed by atoms with Crippen LogP contribution >= 0.6 is 0 Å². The predicted molar refractivity (Wildman–Crippen MR) is 70.5 cm³/mol. The van der Waals surface area contributed by atoms with E-state index >= 15 is 0 Å². The smallest absolute Gasteiger partial charge is 0.238 e. The molecular formula is C11H24N2O4S. The summed E-state index contributed by atoms with van der Waals surface area (Å²) in [5.41, 5.74) is 0. The highest BCUT2D eigenvalue weighted by atomic mass is 32.2. The number of hydrogen-bond donors (Lipinski definition) is 3. The Morgan fingerprint density at radius 3 is 2.22 bits per heavy atom. The first-order chi connectivity index (χ1) is 8.19. The van der Waals surface area contributed by atoms with E-state index in [-0.39, 0.29) is 18.6 Å². The number of amides is 1. The average molecular weight is 280 g/mol. The Balaban J connectivity index is 4.69. The summed E-state index contributed by atoms with van der Waals surface area (Å²) in [7, 11) is -3.44. The third-order valence-electron chi connectivity index (χ3n) is 2.44. The Bertz CT molecular complexity index is 350. The van der Waals surface area contributed by atoms with E-state index in [1.807, 2.05) is 20.8 Å². The van der Waals surface area contributed by atoms with E-state index < -0.39 is 22.0 Å². The maximum atomic E-state index is 11.9. The molecule has 0 saturated carbocycles. The van der Waals surface area contributed by atoms with E-state index in [2.05, 4.69) is 10.0 Å². The van der Waals surface area contributed by atoms with Crippen LogP contribution < -0.4 is 10.0 Å². The van der Waals surface area contributed by atoms with Crippen LogP contribution in [0.25, 0.3) is 0 Å². The maximum absolute atomic E-state index is 11.9. The fourth-order valence-electron chi connectivity index (χ4n) is 1.52. The van der Waals surface area contributed by atoms with Crippen LogP contribution in [0.5, 0.6) is 0 Å². The zero-order valence-electron chi connectivity index (χ0n) is 11.4. The van der Waals surface area contributed by atoms with Gasteiger partial charge in [0, 0.05) is 0 Å². The van der Waals surface area contributed by atoms with Gasteiger partial charge in [0.1, 0.15) is 6.04 Å². The lowest BCUT2D eigenvalue weighted by molar-refractivity contribution is -0.124. The number of nitrogens with one attached hydrogen (secondary N) is 2. The Morgan fingerprint density at radius 2 is 1.89 bits per heavy atom. The molecule has 7 heteroatoms. The summed E-state index contributed by atoms with van der Waals surface area (Å²) in [5.74, 6) is -0.209. The molecule has 0 spiro atoms. The van der Waals surface area contributed by atoms with Gasteiger partial charge < -0.3 is 10.4 Å². The van der Waals surface area contributed by atoms with Crippen LogP contribution in [0.1, 0.15) is 33.6 Å². The summed E-state index contributed by atoms with van der Waals surface area (Å²) in [6.07, 6.45) is 2.03. The summed E-state index contributed by atoms with van der Waals surface area (Å²) in [4.78, 5) is 11.9. The van der Waals surface area contributed by atoms with E-state index in [9.17, 15) is 13.2 Å². The van der Waals surface area contributed by atoms with Gasteiger partial charge in [0.25, 0.3) is 0 Å². The number of sulfonamides is 1. The third-order valence-corrected chi connectivity index (χ3v) is 3.15. The van der Waals surface area contributed by atoms with Crippen molar-refractivity contribution in [1.29, 1.82) is 0 Å². The molecule has 6 nitrogen and oxygen atoms in total. The van der Waals surface area contributed by atoms with Crippen molar-refractivity contribution in [2.45, 2.75) is 45.7 Å². The van der Waals surface area contributed by atoms with Crippen LogP contribution in [0.2, 0.25) is 0 Å². The van der Waals surface area contributed by atoms with Crippen molar-refractivity contribution in [3.05, 3.63) is 0 Å². The fraction of sp³-hybridized carbons (Fsp3) is 0.909. The van der Waals surface area contributed by atoms with Gasteiger partial charge in [-0.1, -0.05) is 20.8 Å². The highest BCUT2D eigenvalue weighted by Crippen LogP contribution is 2.06. The van der Waals surface area contributed by atoms with Crippen molar-refractivity contribution in [2.75, 3.05) is 12.9 Å². The Kier molecular flexibility index (Phi) is 7.42. The van der Waals surface area contributed by atoms with Crippen LogP contribution in [-0.2, 0) is 14.8 Å². The topological polar surface area (TPSA) is 95.5 Å². The van der Waals surface area contributed by atoms with Crippen molar-refractivity contribution in [1.82, 2.24) is 10.0 Å². The van der Waals surface area contributed by atoms with E-state index in [4.69, 9.17) is 5.11 Å². The van der Waals surface area contributed by atoms with Gasteiger partial charge in [0.15, 0.2) is 0 Å². The third kappa shape index (κ3) is 7.62. The molecule has 108 valence electrons. The molecule has 0 saturated heterocycles. The first-order valence-electron chi connectivity index (χ1n) is 6.08. The van der Waals surface area contributed by atoms with Crippen LogP contribution in [0.4, 0.5) is 0 Å². The molecule has 0 rings (SSSR count). The number of aliphatic hydroxyl groups excluding tert-OH is 1. The molecule has 0 bridgehead atoms. The minimum absolute atomic E-state index is 0.157. The van der Waals surface area contributed by atoms with Crippen molar-refractivity contribution < 1.29 is 18.3 Å². The van der Waals surface area contributed by atoms with Gasteiger partial charge >= 0.3 is 0 Å².